The Kier molecular flexibility index (Phi) is 4.63. The van der Waals surface area contributed by atoms with Crippen LogP contribution in [0, 0.1) is 0 Å². The zero-order valence-corrected chi connectivity index (χ0v) is 14.2. The number of nitrogen functional groups attached to an aromatic ring is 1. The van der Waals surface area contributed by atoms with E-state index < -0.39 is 11.7 Å². The number of aromatic nitrogens is 2. The van der Waals surface area contributed by atoms with E-state index in [1.165, 1.54) is 4.68 Å². The number of ether oxygens (including phenoxy) is 2. The predicted molar refractivity (Wildman–Crippen MR) is 89.6 cm³/mol. The summed E-state index contributed by atoms with van der Waals surface area (Å²) in [6.45, 7) is 7.36. The summed E-state index contributed by atoms with van der Waals surface area (Å²) < 4.78 is 11.8. The van der Waals surface area contributed by atoms with Crippen LogP contribution in [0.1, 0.15) is 33.4 Å². The van der Waals surface area contributed by atoms with E-state index in [-0.39, 0.29) is 0 Å². The molecule has 0 saturated carbocycles. The van der Waals surface area contributed by atoms with Gasteiger partial charge in [0.2, 0.25) is 0 Å². The van der Waals surface area contributed by atoms with Crippen molar-refractivity contribution < 1.29 is 14.3 Å². The van der Waals surface area contributed by atoms with Crippen LogP contribution in [0.4, 0.5) is 10.5 Å². The maximum absolute atomic E-state index is 12.3. The van der Waals surface area contributed by atoms with E-state index in [1.54, 1.807) is 7.11 Å². The van der Waals surface area contributed by atoms with E-state index in [9.17, 15) is 4.79 Å². The molecule has 1 aromatic heterocycles. The smallest absolute Gasteiger partial charge is 0.435 e. The molecule has 0 unspecified atom stereocenters. The Labute approximate surface area is 136 Å². The van der Waals surface area contributed by atoms with Crippen LogP contribution in [0.3, 0.4) is 0 Å². The van der Waals surface area contributed by atoms with Gasteiger partial charge in [-0.1, -0.05) is 6.92 Å². The summed E-state index contributed by atoms with van der Waals surface area (Å²) in [7, 11) is 1.61. The first-order chi connectivity index (χ1) is 10.8. The van der Waals surface area contributed by atoms with Crippen LogP contribution in [-0.2, 0) is 11.2 Å². The number of hydrogen-bond donors (Lipinski definition) is 1. The van der Waals surface area contributed by atoms with Gasteiger partial charge < -0.3 is 15.2 Å². The summed E-state index contributed by atoms with van der Waals surface area (Å²) in [4.78, 5) is 12.3. The minimum Gasteiger partial charge on any atom is -0.497 e. The lowest BCUT2D eigenvalue weighted by molar-refractivity contribution is 0.0510. The highest BCUT2D eigenvalue weighted by Gasteiger charge is 2.24. The van der Waals surface area contributed by atoms with Crippen molar-refractivity contribution in [2.45, 2.75) is 39.7 Å². The average molecular weight is 317 g/mol. The number of rotatable bonds is 3. The Morgan fingerprint density at radius 3 is 2.35 bits per heavy atom. The van der Waals surface area contributed by atoms with Gasteiger partial charge in [0.25, 0.3) is 0 Å². The Morgan fingerprint density at radius 1 is 1.26 bits per heavy atom. The van der Waals surface area contributed by atoms with Gasteiger partial charge in [-0.05, 0) is 51.5 Å². The molecule has 1 heterocycles. The van der Waals surface area contributed by atoms with Crippen molar-refractivity contribution in [2.24, 2.45) is 0 Å². The van der Waals surface area contributed by atoms with Gasteiger partial charge in [-0.3, -0.25) is 0 Å². The zero-order chi connectivity index (χ0) is 17.2. The number of carbonyl (C=O) groups excluding carboxylic acids is 1. The predicted octanol–water partition coefficient (Wildman–Crippen LogP) is 3.49. The molecule has 0 aliphatic rings. The number of nitrogens with zero attached hydrogens (tertiary/aromatic N) is 2. The molecule has 0 bridgehead atoms. The molecular weight excluding hydrogens is 294 g/mol. The highest BCUT2D eigenvalue weighted by Crippen LogP contribution is 2.30. The molecule has 0 spiro atoms. The molecule has 124 valence electrons. The molecule has 0 fully saturated rings. The molecule has 6 nitrogen and oxygen atoms in total. The summed E-state index contributed by atoms with van der Waals surface area (Å²) in [5, 5.41) is 4.37. The first kappa shape index (κ1) is 16.9. The lowest BCUT2D eigenvalue weighted by Crippen LogP contribution is -2.28. The van der Waals surface area contributed by atoms with Crippen molar-refractivity contribution in [3.63, 3.8) is 0 Å². The zero-order valence-electron chi connectivity index (χ0n) is 14.2. The first-order valence-corrected chi connectivity index (χ1v) is 7.52. The van der Waals surface area contributed by atoms with Gasteiger partial charge in [-0.2, -0.15) is 9.78 Å². The van der Waals surface area contributed by atoms with Crippen molar-refractivity contribution in [1.29, 1.82) is 0 Å². The number of benzene rings is 1. The molecule has 0 aliphatic carbocycles. The second-order valence-corrected chi connectivity index (χ2v) is 6.18. The highest BCUT2D eigenvalue weighted by molar-refractivity contribution is 5.80. The normalized spacial score (nSPS) is 11.3. The van der Waals surface area contributed by atoms with Crippen molar-refractivity contribution in [1.82, 2.24) is 9.78 Å². The van der Waals surface area contributed by atoms with E-state index in [1.807, 2.05) is 52.0 Å². The van der Waals surface area contributed by atoms with Crippen molar-refractivity contribution >= 4 is 11.8 Å². The fourth-order valence-electron chi connectivity index (χ4n) is 2.22. The molecule has 2 rings (SSSR count). The summed E-state index contributed by atoms with van der Waals surface area (Å²) in [6, 6.07) is 7.37. The monoisotopic (exact) mass is 317 g/mol. The van der Waals surface area contributed by atoms with Crippen molar-refractivity contribution in [3.05, 3.63) is 30.0 Å². The van der Waals surface area contributed by atoms with E-state index in [0.717, 1.165) is 11.3 Å². The van der Waals surface area contributed by atoms with Gasteiger partial charge in [0.1, 0.15) is 17.0 Å². The molecular formula is C17H23N3O3. The lowest BCUT2D eigenvalue weighted by atomic mass is 10.1. The third kappa shape index (κ3) is 3.64. The number of carbonyl (C=O) groups is 1. The van der Waals surface area contributed by atoms with Crippen LogP contribution in [0.2, 0.25) is 0 Å². The largest absolute Gasteiger partial charge is 0.497 e. The van der Waals surface area contributed by atoms with Crippen LogP contribution in [0.15, 0.2) is 24.3 Å². The first-order valence-electron chi connectivity index (χ1n) is 7.52. The van der Waals surface area contributed by atoms with Crippen LogP contribution < -0.4 is 10.5 Å². The number of hydrogen-bond acceptors (Lipinski definition) is 5. The fraction of sp³-hybridized carbons (Fsp3) is 0.412. The van der Waals surface area contributed by atoms with Crippen molar-refractivity contribution in [3.8, 4) is 17.0 Å². The van der Waals surface area contributed by atoms with Gasteiger partial charge in [0, 0.05) is 5.56 Å². The topological polar surface area (TPSA) is 79.4 Å². The summed E-state index contributed by atoms with van der Waals surface area (Å²) in [6.07, 6.45) is 0.0506. The third-order valence-electron chi connectivity index (χ3n) is 3.29. The molecule has 6 heteroatoms. The van der Waals surface area contributed by atoms with E-state index in [4.69, 9.17) is 15.2 Å². The minimum atomic E-state index is -0.594. The number of anilines is 1. The van der Waals surface area contributed by atoms with Crippen LogP contribution in [0.25, 0.3) is 11.3 Å². The molecule has 1 aromatic carbocycles. The highest BCUT2D eigenvalue weighted by atomic mass is 16.6. The Bertz CT molecular complexity index is 697. The molecule has 0 aliphatic heterocycles. The van der Waals surface area contributed by atoms with Crippen LogP contribution in [0.5, 0.6) is 5.75 Å². The SMILES string of the molecule is CCc1c(N)c(-c2ccc(OC)cc2)nn1C(=O)OC(C)(C)C. The molecule has 0 radical (unpaired) electrons. The Hall–Kier alpha value is -2.50. The van der Waals surface area contributed by atoms with E-state index in [2.05, 4.69) is 5.10 Å². The number of methoxy groups -OCH3 is 1. The quantitative estimate of drug-likeness (QED) is 0.937. The van der Waals surface area contributed by atoms with E-state index in [0.29, 0.717) is 23.5 Å². The molecule has 2 aromatic rings. The van der Waals surface area contributed by atoms with Crippen LogP contribution >= 0.6 is 0 Å². The minimum absolute atomic E-state index is 0.489. The molecule has 0 saturated heterocycles. The average Bonchev–Trinajstić information content (AvgIpc) is 2.82. The maximum atomic E-state index is 12.3. The molecule has 23 heavy (non-hydrogen) atoms. The standard InChI is InChI=1S/C17H23N3O3/c1-6-13-14(18)15(11-7-9-12(22-5)10-8-11)19-20(13)16(21)23-17(2,3)4/h7-10H,6,18H2,1-5H3. The van der Waals surface area contributed by atoms with Crippen molar-refractivity contribution in [2.75, 3.05) is 12.8 Å². The summed E-state index contributed by atoms with van der Waals surface area (Å²) >= 11 is 0. The van der Waals surface area contributed by atoms with Gasteiger partial charge in [0.15, 0.2) is 0 Å². The summed E-state index contributed by atoms with van der Waals surface area (Å²) in [5.41, 5.74) is 8.12. The molecule has 0 amide bonds. The second kappa shape index (κ2) is 6.32. The van der Waals surface area contributed by atoms with Crippen LogP contribution in [-0.4, -0.2) is 28.6 Å². The maximum Gasteiger partial charge on any atom is 0.435 e. The third-order valence-corrected chi connectivity index (χ3v) is 3.29. The lowest BCUT2D eigenvalue weighted by Gasteiger charge is -2.19. The molecule has 0 atom stereocenters. The fourth-order valence-corrected chi connectivity index (χ4v) is 2.22. The second-order valence-electron chi connectivity index (χ2n) is 6.18. The van der Waals surface area contributed by atoms with Gasteiger partial charge in [-0.25, -0.2) is 4.79 Å². The summed E-state index contributed by atoms with van der Waals surface area (Å²) in [5.74, 6) is 0.745. The van der Waals surface area contributed by atoms with Gasteiger partial charge in [0.05, 0.1) is 18.5 Å². The Balaban J connectivity index is 2.44. The Morgan fingerprint density at radius 2 is 1.87 bits per heavy atom. The molecule has 2 N–H and O–H groups in total. The van der Waals surface area contributed by atoms with Gasteiger partial charge in [-0.15, -0.1) is 0 Å². The van der Waals surface area contributed by atoms with Gasteiger partial charge >= 0.3 is 6.09 Å². The van der Waals surface area contributed by atoms with E-state index >= 15 is 0 Å². The number of nitrogens with two attached hydrogens (primary N) is 1.